The number of rotatable bonds is 6. The summed E-state index contributed by atoms with van der Waals surface area (Å²) >= 11 is 0. The van der Waals surface area contributed by atoms with Gasteiger partial charge in [0.2, 0.25) is 0 Å². The third kappa shape index (κ3) is 3.36. The molecule has 1 saturated heterocycles. The molecular weight excluding hydrogens is 400 g/mol. The zero-order valence-electron chi connectivity index (χ0n) is 20.1. The summed E-state index contributed by atoms with van der Waals surface area (Å²) in [7, 11) is 0. The quantitative estimate of drug-likeness (QED) is 0.632. The lowest BCUT2D eigenvalue weighted by Gasteiger charge is -2.18. The minimum atomic E-state index is 0.371. The Labute approximate surface area is 189 Å². The van der Waals surface area contributed by atoms with E-state index in [9.17, 15) is 0 Å². The molecule has 0 radical (unpaired) electrons. The number of hydrogen-bond donors (Lipinski definition) is 1. The fourth-order valence-electron chi connectivity index (χ4n) is 5.43. The SMILES string of the molecule is CCn1c(-c2cnc(C)nc2)nc2c(N[C@H]3CCN(CC4C(C)(C)C4(C)C)C3)ncnc21. The van der Waals surface area contributed by atoms with E-state index in [4.69, 9.17) is 4.98 Å². The van der Waals surface area contributed by atoms with Gasteiger partial charge in [0.15, 0.2) is 17.0 Å². The number of nitrogens with zero attached hydrogens (tertiary/aromatic N) is 7. The van der Waals surface area contributed by atoms with Crippen molar-refractivity contribution in [2.75, 3.05) is 25.0 Å². The van der Waals surface area contributed by atoms with Crippen molar-refractivity contribution in [2.24, 2.45) is 16.7 Å². The van der Waals surface area contributed by atoms with Gasteiger partial charge in [0.05, 0.1) is 5.56 Å². The summed E-state index contributed by atoms with van der Waals surface area (Å²) in [5.74, 6) is 3.16. The predicted molar refractivity (Wildman–Crippen MR) is 126 cm³/mol. The summed E-state index contributed by atoms with van der Waals surface area (Å²) in [4.78, 5) is 25.3. The molecule has 170 valence electrons. The normalized spacial score (nSPS) is 22.5. The molecule has 2 fully saturated rings. The van der Waals surface area contributed by atoms with E-state index < -0.39 is 0 Å². The standard InChI is InChI=1S/C24H34N8/c1-7-32-21(16-10-25-15(2)26-11-16)30-19-20(27-14-28-22(19)32)29-17-8-9-31(12-17)13-18-23(3,4)24(18,5)6/h10-11,14,17-18H,7-9,12-13H2,1-6H3,(H,27,28,29)/t17-/m0/s1. The summed E-state index contributed by atoms with van der Waals surface area (Å²) in [6.45, 7) is 17.7. The first-order chi connectivity index (χ1) is 15.2. The molecule has 8 nitrogen and oxygen atoms in total. The van der Waals surface area contributed by atoms with Crippen LogP contribution in [0.15, 0.2) is 18.7 Å². The highest BCUT2D eigenvalue weighted by molar-refractivity contribution is 5.86. The van der Waals surface area contributed by atoms with Crippen LogP contribution in [0.4, 0.5) is 5.82 Å². The van der Waals surface area contributed by atoms with Crippen molar-refractivity contribution in [2.45, 2.75) is 60.5 Å². The van der Waals surface area contributed by atoms with E-state index in [1.807, 2.05) is 19.3 Å². The Kier molecular flexibility index (Phi) is 4.96. The van der Waals surface area contributed by atoms with Gasteiger partial charge in [0.25, 0.3) is 0 Å². The van der Waals surface area contributed by atoms with Gasteiger partial charge >= 0.3 is 0 Å². The number of aromatic nitrogens is 6. The number of anilines is 1. The van der Waals surface area contributed by atoms with Crippen molar-refractivity contribution in [3.05, 3.63) is 24.5 Å². The summed E-state index contributed by atoms with van der Waals surface area (Å²) in [6.07, 6.45) is 6.40. The highest BCUT2D eigenvalue weighted by atomic mass is 15.2. The molecule has 1 aliphatic heterocycles. The van der Waals surface area contributed by atoms with Gasteiger partial charge in [-0.2, -0.15) is 0 Å². The molecule has 3 aromatic heterocycles. The molecule has 4 heterocycles. The first kappa shape index (κ1) is 21.2. The van der Waals surface area contributed by atoms with Crippen molar-refractivity contribution in [1.29, 1.82) is 0 Å². The van der Waals surface area contributed by atoms with E-state index >= 15 is 0 Å². The van der Waals surface area contributed by atoms with Gasteiger partial charge in [-0.15, -0.1) is 0 Å². The Balaban J connectivity index is 1.36. The van der Waals surface area contributed by atoms with Crippen LogP contribution in [0, 0.1) is 23.7 Å². The zero-order valence-corrected chi connectivity index (χ0v) is 20.1. The minimum Gasteiger partial charge on any atom is -0.364 e. The number of nitrogens with one attached hydrogen (secondary N) is 1. The average molecular weight is 435 g/mol. The topological polar surface area (TPSA) is 84.7 Å². The van der Waals surface area contributed by atoms with Crippen LogP contribution >= 0.6 is 0 Å². The first-order valence-corrected chi connectivity index (χ1v) is 11.7. The molecule has 1 atom stereocenters. The lowest BCUT2D eigenvalue weighted by Crippen LogP contribution is -2.29. The van der Waals surface area contributed by atoms with E-state index in [2.05, 4.69) is 69.3 Å². The molecule has 1 N–H and O–H groups in total. The lowest BCUT2D eigenvalue weighted by molar-refractivity contribution is 0.297. The van der Waals surface area contributed by atoms with E-state index in [1.54, 1.807) is 6.33 Å². The van der Waals surface area contributed by atoms with Crippen LogP contribution in [0.25, 0.3) is 22.6 Å². The molecule has 1 saturated carbocycles. The highest BCUT2D eigenvalue weighted by Gasteiger charge is 2.64. The van der Waals surface area contributed by atoms with Crippen molar-refractivity contribution < 1.29 is 0 Å². The van der Waals surface area contributed by atoms with Crippen LogP contribution in [-0.4, -0.2) is 60.1 Å². The molecule has 8 heteroatoms. The van der Waals surface area contributed by atoms with Gasteiger partial charge in [-0.3, -0.25) is 0 Å². The van der Waals surface area contributed by atoms with E-state index in [1.165, 1.54) is 6.54 Å². The maximum Gasteiger partial charge on any atom is 0.165 e. The number of likely N-dealkylation sites (tertiary alicyclic amines) is 1. The highest BCUT2D eigenvalue weighted by Crippen LogP contribution is 2.68. The van der Waals surface area contributed by atoms with Crippen LogP contribution in [0.3, 0.4) is 0 Å². The van der Waals surface area contributed by atoms with Crippen molar-refractivity contribution >= 4 is 17.0 Å². The van der Waals surface area contributed by atoms with Gasteiger partial charge in [-0.05, 0) is 37.0 Å². The molecule has 3 aromatic rings. The number of aryl methyl sites for hydroxylation is 2. The van der Waals surface area contributed by atoms with Crippen LogP contribution in [0.5, 0.6) is 0 Å². The number of hydrogen-bond acceptors (Lipinski definition) is 7. The fraction of sp³-hybridized carbons (Fsp3) is 0.625. The Hall–Kier alpha value is -2.61. The average Bonchev–Trinajstić information content (AvgIpc) is 3.19. The van der Waals surface area contributed by atoms with Gasteiger partial charge in [0, 0.05) is 44.6 Å². The molecule has 1 aliphatic carbocycles. The second kappa shape index (κ2) is 7.47. The minimum absolute atomic E-state index is 0.371. The zero-order chi connectivity index (χ0) is 22.7. The van der Waals surface area contributed by atoms with Gasteiger partial charge in [-0.25, -0.2) is 24.9 Å². The molecular formula is C24H34N8. The molecule has 0 aromatic carbocycles. The second-order valence-corrected chi connectivity index (χ2v) is 10.5. The Morgan fingerprint density at radius 3 is 2.44 bits per heavy atom. The van der Waals surface area contributed by atoms with Gasteiger partial charge in [-0.1, -0.05) is 27.7 Å². The molecule has 5 rings (SSSR count). The maximum atomic E-state index is 4.92. The van der Waals surface area contributed by atoms with E-state index in [0.717, 1.165) is 66.2 Å². The monoisotopic (exact) mass is 434 g/mol. The second-order valence-electron chi connectivity index (χ2n) is 10.5. The van der Waals surface area contributed by atoms with Crippen LogP contribution < -0.4 is 5.32 Å². The summed E-state index contributed by atoms with van der Waals surface area (Å²) in [5, 5.41) is 3.67. The lowest BCUT2D eigenvalue weighted by atomic mass is 10.0. The number of fused-ring (bicyclic) bond motifs is 1. The third-order valence-electron chi connectivity index (χ3n) is 8.26. The molecule has 32 heavy (non-hydrogen) atoms. The maximum absolute atomic E-state index is 4.92. The molecule has 0 amide bonds. The Bertz CT molecular complexity index is 1120. The van der Waals surface area contributed by atoms with Gasteiger partial charge in [0.1, 0.15) is 18.0 Å². The summed E-state index contributed by atoms with van der Waals surface area (Å²) < 4.78 is 2.11. The summed E-state index contributed by atoms with van der Waals surface area (Å²) in [5.41, 5.74) is 3.41. The van der Waals surface area contributed by atoms with Gasteiger partial charge < -0.3 is 14.8 Å². The molecule has 2 aliphatic rings. The van der Waals surface area contributed by atoms with Crippen molar-refractivity contribution in [3.63, 3.8) is 0 Å². The molecule has 0 spiro atoms. The molecule has 0 bridgehead atoms. The summed E-state index contributed by atoms with van der Waals surface area (Å²) in [6, 6.07) is 0.371. The van der Waals surface area contributed by atoms with Crippen LogP contribution in [0.1, 0.15) is 46.9 Å². The largest absolute Gasteiger partial charge is 0.364 e. The smallest absolute Gasteiger partial charge is 0.165 e. The first-order valence-electron chi connectivity index (χ1n) is 11.7. The number of imidazole rings is 1. The predicted octanol–water partition coefficient (Wildman–Crippen LogP) is 3.78. The Morgan fingerprint density at radius 2 is 1.78 bits per heavy atom. The third-order valence-corrected chi connectivity index (χ3v) is 8.26. The van der Waals surface area contributed by atoms with Crippen LogP contribution in [0.2, 0.25) is 0 Å². The van der Waals surface area contributed by atoms with E-state index in [0.29, 0.717) is 16.9 Å². The molecule has 0 unspecified atom stereocenters. The van der Waals surface area contributed by atoms with E-state index in [-0.39, 0.29) is 0 Å². The Morgan fingerprint density at radius 1 is 1.06 bits per heavy atom. The van der Waals surface area contributed by atoms with Crippen molar-refractivity contribution in [3.8, 4) is 11.4 Å². The van der Waals surface area contributed by atoms with Crippen molar-refractivity contribution in [1.82, 2.24) is 34.4 Å². The van der Waals surface area contributed by atoms with Crippen LogP contribution in [-0.2, 0) is 6.54 Å². The fourth-order valence-corrected chi connectivity index (χ4v) is 5.43.